The molecule has 1 saturated heterocycles. The Labute approximate surface area is 102 Å². The van der Waals surface area contributed by atoms with Crippen molar-refractivity contribution in [1.29, 1.82) is 0 Å². The number of carboxylic acids is 1. The van der Waals surface area contributed by atoms with E-state index in [1.165, 1.54) is 0 Å². The number of carbonyl (C=O) groups excluding carboxylic acids is 1. The minimum atomic E-state index is -0.746. The Morgan fingerprint density at radius 3 is 2.47 bits per heavy atom. The molecular formula is C12H21NO4. The van der Waals surface area contributed by atoms with Gasteiger partial charge in [0.05, 0.1) is 5.92 Å². The number of carboxylic acid groups (broad SMARTS) is 1. The molecule has 1 rings (SSSR count). The highest BCUT2D eigenvalue weighted by Gasteiger charge is 2.27. The van der Waals surface area contributed by atoms with Gasteiger partial charge in [-0.1, -0.05) is 6.92 Å². The highest BCUT2D eigenvalue weighted by Crippen LogP contribution is 2.18. The van der Waals surface area contributed by atoms with Crippen LogP contribution in [0.2, 0.25) is 0 Å². The molecule has 98 valence electrons. The summed E-state index contributed by atoms with van der Waals surface area (Å²) in [5.74, 6) is -0.705. The lowest BCUT2D eigenvalue weighted by atomic mass is 9.96. The van der Waals surface area contributed by atoms with Crippen molar-refractivity contribution in [2.24, 2.45) is 11.8 Å². The van der Waals surface area contributed by atoms with E-state index in [4.69, 9.17) is 9.84 Å². The third-order valence-electron chi connectivity index (χ3n) is 3.17. The summed E-state index contributed by atoms with van der Waals surface area (Å²) in [6.45, 7) is 3.69. The summed E-state index contributed by atoms with van der Waals surface area (Å²) in [7, 11) is 1.62. The lowest BCUT2D eigenvalue weighted by Gasteiger charge is -2.30. The number of hydrogen-bond donors (Lipinski definition) is 1. The Kier molecular flexibility index (Phi) is 5.41. The van der Waals surface area contributed by atoms with Crippen molar-refractivity contribution in [1.82, 2.24) is 4.90 Å². The quantitative estimate of drug-likeness (QED) is 0.781. The fraction of sp³-hybridized carbons (Fsp3) is 0.833. The molecule has 1 aliphatic heterocycles. The second-order valence-electron chi connectivity index (χ2n) is 4.76. The van der Waals surface area contributed by atoms with Gasteiger partial charge in [0, 0.05) is 33.2 Å². The van der Waals surface area contributed by atoms with Gasteiger partial charge in [0.25, 0.3) is 0 Å². The second kappa shape index (κ2) is 6.59. The van der Waals surface area contributed by atoms with Crippen molar-refractivity contribution < 1.29 is 19.4 Å². The molecular weight excluding hydrogens is 222 g/mol. The van der Waals surface area contributed by atoms with Crippen LogP contribution < -0.4 is 0 Å². The number of likely N-dealkylation sites (tertiary alicyclic amines) is 1. The van der Waals surface area contributed by atoms with E-state index in [1.54, 1.807) is 12.0 Å². The summed E-state index contributed by atoms with van der Waals surface area (Å²) in [4.78, 5) is 24.4. The number of ether oxygens (including phenoxy) is 1. The van der Waals surface area contributed by atoms with Gasteiger partial charge < -0.3 is 14.7 Å². The third-order valence-corrected chi connectivity index (χ3v) is 3.17. The molecule has 0 spiro atoms. The average molecular weight is 243 g/mol. The van der Waals surface area contributed by atoms with E-state index >= 15 is 0 Å². The smallest absolute Gasteiger partial charge is 0.306 e. The Bertz CT molecular complexity index is 272. The zero-order valence-electron chi connectivity index (χ0n) is 10.5. The average Bonchev–Trinajstić information content (AvgIpc) is 2.29. The molecule has 1 fully saturated rings. The molecule has 0 aromatic carbocycles. The van der Waals surface area contributed by atoms with E-state index in [9.17, 15) is 9.59 Å². The standard InChI is InChI=1S/C12H21NO4/c1-9(8-17-2)7-11(14)13-5-3-10(4-6-13)12(15)16/h9-10H,3-8H2,1-2H3,(H,15,16). The fourth-order valence-electron chi connectivity index (χ4n) is 2.15. The van der Waals surface area contributed by atoms with Crippen LogP contribution in [0.5, 0.6) is 0 Å². The Balaban J connectivity index is 2.33. The zero-order chi connectivity index (χ0) is 12.8. The summed E-state index contributed by atoms with van der Waals surface area (Å²) in [6, 6.07) is 0. The van der Waals surface area contributed by atoms with Gasteiger partial charge in [-0.05, 0) is 18.8 Å². The van der Waals surface area contributed by atoms with Gasteiger partial charge in [0.1, 0.15) is 0 Å². The van der Waals surface area contributed by atoms with Crippen molar-refractivity contribution in [3.8, 4) is 0 Å². The first-order chi connectivity index (χ1) is 8.04. The lowest BCUT2D eigenvalue weighted by Crippen LogP contribution is -2.40. The van der Waals surface area contributed by atoms with Crippen LogP contribution in [0.25, 0.3) is 0 Å². The van der Waals surface area contributed by atoms with Crippen molar-refractivity contribution in [2.75, 3.05) is 26.8 Å². The van der Waals surface area contributed by atoms with Gasteiger partial charge in [-0.25, -0.2) is 0 Å². The second-order valence-corrected chi connectivity index (χ2v) is 4.76. The molecule has 1 amide bonds. The number of aliphatic carboxylic acids is 1. The predicted molar refractivity (Wildman–Crippen MR) is 62.6 cm³/mol. The van der Waals surface area contributed by atoms with Gasteiger partial charge >= 0.3 is 5.97 Å². The number of methoxy groups -OCH3 is 1. The maximum absolute atomic E-state index is 11.9. The van der Waals surface area contributed by atoms with E-state index in [2.05, 4.69) is 0 Å². The Morgan fingerprint density at radius 1 is 1.41 bits per heavy atom. The molecule has 0 saturated carbocycles. The molecule has 0 radical (unpaired) electrons. The van der Waals surface area contributed by atoms with Gasteiger partial charge in [-0.2, -0.15) is 0 Å². The highest BCUT2D eigenvalue weighted by atomic mass is 16.5. The topological polar surface area (TPSA) is 66.8 Å². The molecule has 1 heterocycles. The molecule has 0 bridgehead atoms. The van der Waals surface area contributed by atoms with Crippen LogP contribution in [-0.2, 0) is 14.3 Å². The highest BCUT2D eigenvalue weighted by molar-refractivity contribution is 5.77. The molecule has 5 nitrogen and oxygen atoms in total. The first-order valence-corrected chi connectivity index (χ1v) is 6.04. The number of nitrogens with zero attached hydrogens (tertiary/aromatic N) is 1. The Morgan fingerprint density at radius 2 is 2.00 bits per heavy atom. The monoisotopic (exact) mass is 243 g/mol. The van der Waals surface area contributed by atoms with Crippen LogP contribution in [0.3, 0.4) is 0 Å². The summed E-state index contributed by atoms with van der Waals surface area (Å²) < 4.78 is 4.99. The predicted octanol–water partition coefficient (Wildman–Crippen LogP) is 0.982. The lowest BCUT2D eigenvalue weighted by molar-refractivity contribution is -0.146. The molecule has 0 aromatic rings. The number of hydrogen-bond acceptors (Lipinski definition) is 3. The molecule has 1 N–H and O–H groups in total. The molecule has 1 aliphatic rings. The normalized spacial score (nSPS) is 19.1. The van der Waals surface area contributed by atoms with Gasteiger partial charge in [0.15, 0.2) is 0 Å². The summed E-state index contributed by atoms with van der Waals surface area (Å²) in [6.07, 6.45) is 1.62. The summed E-state index contributed by atoms with van der Waals surface area (Å²) in [5.41, 5.74) is 0. The van der Waals surface area contributed by atoms with Crippen molar-refractivity contribution in [3.05, 3.63) is 0 Å². The zero-order valence-corrected chi connectivity index (χ0v) is 10.5. The van der Waals surface area contributed by atoms with Gasteiger partial charge in [-0.15, -0.1) is 0 Å². The van der Waals surface area contributed by atoms with Crippen LogP contribution in [-0.4, -0.2) is 48.7 Å². The SMILES string of the molecule is COCC(C)CC(=O)N1CCC(C(=O)O)CC1. The molecule has 17 heavy (non-hydrogen) atoms. The van der Waals surface area contributed by atoms with Crippen molar-refractivity contribution >= 4 is 11.9 Å². The van der Waals surface area contributed by atoms with Crippen LogP contribution in [0.1, 0.15) is 26.2 Å². The molecule has 0 aliphatic carbocycles. The third kappa shape index (κ3) is 4.34. The summed E-state index contributed by atoms with van der Waals surface area (Å²) >= 11 is 0. The Hall–Kier alpha value is -1.10. The van der Waals surface area contributed by atoms with E-state index in [1.807, 2.05) is 6.92 Å². The molecule has 5 heteroatoms. The van der Waals surface area contributed by atoms with E-state index < -0.39 is 5.97 Å². The molecule has 0 aromatic heterocycles. The first kappa shape index (κ1) is 14.0. The number of piperidine rings is 1. The van der Waals surface area contributed by atoms with Gasteiger partial charge in [0.2, 0.25) is 5.91 Å². The maximum atomic E-state index is 11.9. The van der Waals surface area contributed by atoms with E-state index in [-0.39, 0.29) is 17.7 Å². The van der Waals surface area contributed by atoms with Crippen LogP contribution in [0.4, 0.5) is 0 Å². The number of carbonyl (C=O) groups is 2. The largest absolute Gasteiger partial charge is 0.481 e. The summed E-state index contributed by atoms with van der Waals surface area (Å²) in [5, 5.41) is 8.86. The maximum Gasteiger partial charge on any atom is 0.306 e. The number of amides is 1. The van der Waals surface area contributed by atoms with Crippen LogP contribution in [0, 0.1) is 11.8 Å². The molecule has 1 unspecified atom stereocenters. The van der Waals surface area contributed by atoms with Crippen LogP contribution >= 0.6 is 0 Å². The minimum Gasteiger partial charge on any atom is -0.481 e. The minimum absolute atomic E-state index is 0.110. The van der Waals surface area contributed by atoms with Crippen molar-refractivity contribution in [2.45, 2.75) is 26.2 Å². The molecule has 1 atom stereocenters. The number of rotatable bonds is 5. The van der Waals surface area contributed by atoms with Crippen molar-refractivity contribution in [3.63, 3.8) is 0 Å². The van der Waals surface area contributed by atoms with E-state index in [0.717, 1.165) is 0 Å². The first-order valence-electron chi connectivity index (χ1n) is 6.04. The van der Waals surface area contributed by atoms with Gasteiger partial charge in [-0.3, -0.25) is 9.59 Å². The van der Waals surface area contributed by atoms with E-state index in [0.29, 0.717) is 39.0 Å². The fourth-order valence-corrected chi connectivity index (χ4v) is 2.15. The van der Waals surface area contributed by atoms with Crippen LogP contribution in [0.15, 0.2) is 0 Å².